The standard InChI is InChI=1S/C19H13FN4O/c20-14-2-1-3-16(10-14)23-17-8-9-22-18(11-17)19(25)24-15-6-4-13(12-21)5-7-15/h1-11H,(H,22,23)(H,24,25). The molecule has 1 heterocycles. The maximum absolute atomic E-state index is 13.2. The molecule has 0 radical (unpaired) electrons. The smallest absolute Gasteiger partial charge is 0.274 e. The predicted octanol–water partition coefficient (Wildman–Crippen LogP) is 4.09. The van der Waals surface area contributed by atoms with Crippen molar-refractivity contribution in [1.82, 2.24) is 4.98 Å². The quantitative estimate of drug-likeness (QED) is 0.754. The second kappa shape index (κ2) is 7.23. The molecule has 122 valence electrons. The van der Waals surface area contributed by atoms with Gasteiger partial charge in [-0.15, -0.1) is 0 Å². The minimum Gasteiger partial charge on any atom is -0.355 e. The number of anilines is 3. The molecule has 25 heavy (non-hydrogen) atoms. The molecule has 0 saturated carbocycles. The zero-order chi connectivity index (χ0) is 17.6. The van der Waals surface area contributed by atoms with Gasteiger partial charge in [-0.25, -0.2) is 4.39 Å². The fraction of sp³-hybridized carbons (Fsp3) is 0. The SMILES string of the molecule is N#Cc1ccc(NC(=O)c2cc(Nc3cccc(F)c3)ccn2)cc1. The maximum Gasteiger partial charge on any atom is 0.274 e. The van der Waals surface area contributed by atoms with Crippen molar-refractivity contribution in [2.24, 2.45) is 0 Å². The van der Waals surface area contributed by atoms with Crippen molar-refractivity contribution in [3.8, 4) is 6.07 Å². The van der Waals surface area contributed by atoms with Crippen LogP contribution in [0.5, 0.6) is 0 Å². The van der Waals surface area contributed by atoms with Crippen LogP contribution in [0.3, 0.4) is 0 Å². The number of nitrogens with one attached hydrogen (secondary N) is 2. The highest BCUT2D eigenvalue weighted by atomic mass is 19.1. The first-order chi connectivity index (χ1) is 12.1. The lowest BCUT2D eigenvalue weighted by atomic mass is 10.2. The van der Waals surface area contributed by atoms with Gasteiger partial charge in [-0.1, -0.05) is 6.07 Å². The molecule has 0 spiro atoms. The molecule has 0 fully saturated rings. The Morgan fingerprint density at radius 2 is 1.76 bits per heavy atom. The van der Waals surface area contributed by atoms with Crippen LogP contribution in [0.15, 0.2) is 66.9 Å². The molecule has 3 aromatic rings. The summed E-state index contributed by atoms with van der Waals surface area (Å²) in [5, 5.41) is 14.5. The molecule has 5 nitrogen and oxygen atoms in total. The monoisotopic (exact) mass is 332 g/mol. The number of hydrogen-bond donors (Lipinski definition) is 2. The number of hydrogen-bond acceptors (Lipinski definition) is 4. The summed E-state index contributed by atoms with van der Waals surface area (Å²) in [6, 6.07) is 17.8. The first-order valence-electron chi connectivity index (χ1n) is 7.44. The van der Waals surface area contributed by atoms with E-state index in [4.69, 9.17) is 5.26 Å². The molecule has 1 amide bonds. The number of aromatic nitrogens is 1. The van der Waals surface area contributed by atoms with E-state index in [1.165, 1.54) is 18.3 Å². The van der Waals surface area contributed by atoms with Crippen molar-refractivity contribution in [3.05, 3.63) is 83.9 Å². The van der Waals surface area contributed by atoms with Gasteiger partial charge in [0.05, 0.1) is 11.6 Å². The van der Waals surface area contributed by atoms with Gasteiger partial charge in [-0.05, 0) is 54.6 Å². The molecule has 0 saturated heterocycles. The van der Waals surface area contributed by atoms with E-state index in [1.54, 1.807) is 48.5 Å². The number of benzene rings is 2. The second-order valence-corrected chi connectivity index (χ2v) is 5.21. The van der Waals surface area contributed by atoms with Crippen LogP contribution >= 0.6 is 0 Å². The minimum atomic E-state index is -0.382. The van der Waals surface area contributed by atoms with E-state index >= 15 is 0 Å². The zero-order valence-electron chi connectivity index (χ0n) is 13.0. The van der Waals surface area contributed by atoms with E-state index in [-0.39, 0.29) is 17.4 Å². The van der Waals surface area contributed by atoms with Crippen LogP contribution in [0.2, 0.25) is 0 Å². The van der Waals surface area contributed by atoms with E-state index < -0.39 is 0 Å². The molecule has 0 atom stereocenters. The normalized spacial score (nSPS) is 9.92. The van der Waals surface area contributed by atoms with E-state index in [0.717, 1.165) is 0 Å². The van der Waals surface area contributed by atoms with E-state index in [9.17, 15) is 9.18 Å². The van der Waals surface area contributed by atoms with Crippen molar-refractivity contribution in [2.45, 2.75) is 0 Å². The fourth-order valence-electron chi connectivity index (χ4n) is 2.19. The number of pyridine rings is 1. The van der Waals surface area contributed by atoms with Crippen LogP contribution in [-0.2, 0) is 0 Å². The van der Waals surface area contributed by atoms with Gasteiger partial charge in [0, 0.05) is 23.3 Å². The van der Waals surface area contributed by atoms with Crippen molar-refractivity contribution in [1.29, 1.82) is 5.26 Å². The molecular weight excluding hydrogens is 319 g/mol. The highest BCUT2D eigenvalue weighted by Gasteiger charge is 2.09. The molecule has 0 aliphatic heterocycles. The third-order valence-electron chi connectivity index (χ3n) is 3.38. The van der Waals surface area contributed by atoms with E-state index in [0.29, 0.717) is 22.6 Å². The van der Waals surface area contributed by atoms with Gasteiger partial charge in [-0.2, -0.15) is 5.26 Å². The molecule has 0 aliphatic carbocycles. The van der Waals surface area contributed by atoms with Crippen LogP contribution in [-0.4, -0.2) is 10.9 Å². The Labute approximate surface area is 143 Å². The van der Waals surface area contributed by atoms with Gasteiger partial charge < -0.3 is 10.6 Å². The molecular formula is C19H13FN4O. The summed E-state index contributed by atoms with van der Waals surface area (Å²) in [7, 11) is 0. The lowest BCUT2D eigenvalue weighted by Gasteiger charge is -2.09. The van der Waals surface area contributed by atoms with E-state index in [2.05, 4.69) is 15.6 Å². The summed E-state index contributed by atoms with van der Waals surface area (Å²) >= 11 is 0. The average molecular weight is 332 g/mol. The van der Waals surface area contributed by atoms with Gasteiger partial charge in [-0.3, -0.25) is 9.78 Å². The molecule has 0 bridgehead atoms. The summed E-state index contributed by atoms with van der Waals surface area (Å²) in [4.78, 5) is 16.4. The van der Waals surface area contributed by atoms with Crippen molar-refractivity contribution in [3.63, 3.8) is 0 Å². The predicted molar refractivity (Wildman–Crippen MR) is 93.0 cm³/mol. The van der Waals surface area contributed by atoms with Crippen LogP contribution in [0.4, 0.5) is 21.5 Å². The summed E-state index contributed by atoms with van der Waals surface area (Å²) in [5.41, 5.74) is 2.48. The molecule has 1 aromatic heterocycles. The third-order valence-corrected chi connectivity index (χ3v) is 3.38. The number of amides is 1. The van der Waals surface area contributed by atoms with Gasteiger partial charge in [0.2, 0.25) is 0 Å². The second-order valence-electron chi connectivity index (χ2n) is 5.21. The molecule has 6 heteroatoms. The lowest BCUT2D eigenvalue weighted by Crippen LogP contribution is -2.13. The Bertz CT molecular complexity index is 948. The number of rotatable bonds is 4. The highest BCUT2D eigenvalue weighted by Crippen LogP contribution is 2.18. The largest absolute Gasteiger partial charge is 0.355 e. The summed E-state index contributed by atoms with van der Waals surface area (Å²) in [6.07, 6.45) is 1.50. The summed E-state index contributed by atoms with van der Waals surface area (Å²) in [6.45, 7) is 0. The number of nitriles is 1. The minimum absolute atomic E-state index is 0.214. The number of nitrogens with zero attached hydrogens (tertiary/aromatic N) is 2. The van der Waals surface area contributed by atoms with Gasteiger partial charge in [0.1, 0.15) is 11.5 Å². The molecule has 2 N–H and O–H groups in total. The molecule has 3 rings (SSSR count). The van der Waals surface area contributed by atoms with Crippen LogP contribution in [0.25, 0.3) is 0 Å². The summed E-state index contributed by atoms with van der Waals surface area (Å²) < 4.78 is 13.2. The average Bonchev–Trinajstić information content (AvgIpc) is 2.62. The Balaban J connectivity index is 1.73. The fourth-order valence-corrected chi connectivity index (χ4v) is 2.19. The summed E-state index contributed by atoms with van der Waals surface area (Å²) in [5.74, 6) is -0.731. The highest BCUT2D eigenvalue weighted by molar-refractivity contribution is 6.03. The van der Waals surface area contributed by atoms with Gasteiger partial charge >= 0.3 is 0 Å². The van der Waals surface area contributed by atoms with Crippen LogP contribution in [0.1, 0.15) is 16.1 Å². The van der Waals surface area contributed by atoms with Gasteiger partial charge in [0.25, 0.3) is 5.91 Å². The molecule has 0 unspecified atom stereocenters. The van der Waals surface area contributed by atoms with Crippen LogP contribution in [0, 0.1) is 17.1 Å². The molecule has 2 aromatic carbocycles. The number of carbonyl (C=O) groups is 1. The first-order valence-corrected chi connectivity index (χ1v) is 7.44. The Morgan fingerprint density at radius 3 is 2.48 bits per heavy atom. The maximum atomic E-state index is 13.2. The lowest BCUT2D eigenvalue weighted by molar-refractivity contribution is 0.102. The number of halogens is 1. The molecule has 0 aliphatic rings. The van der Waals surface area contributed by atoms with Crippen LogP contribution < -0.4 is 10.6 Å². The van der Waals surface area contributed by atoms with E-state index in [1.807, 2.05) is 6.07 Å². The Hall–Kier alpha value is -3.72. The van der Waals surface area contributed by atoms with Crippen molar-refractivity contribution in [2.75, 3.05) is 10.6 Å². The first kappa shape index (κ1) is 16.1. The Kier molecular flexibility index (Phi) is 4.67. The zero-order valence-corrected chi connectivity index (χ0v) is 13.0. The topological polar surface area (TPSA) is 77.8 Å². The van der Waals surface area contributed by atoms with Crippen molar-refractivity contribution >= 4 is 23.0 Å². The van der Waals surface area contributed by atoms with Gasteiger partial charge in [0.15, 0.2) is 0 Å². The Morgan fingerprint density at radius 1 is 1.00 bits per heavy atom. The number of carbonyl (C=O) groups excluding carboxylic acids is 1. The van der Waals surface area contributed by atoms with Crippen molar-refractivity contribution < 1.29 is 9.18 Å². The third kappa shape index (κ3) is 4.18.